The Morgan fingerprint density at radius 1 is 0.958 bits per heavy atom. The van der Waals surface area contributed by atoms with E-state index in [1.165, 1.54) is 0 Å². The Hall–Kier alpha value is -2.69. The van der Waals surface area contributed by atoms with Crippen LogP contribution in [0.15, 0.2) is 48.5 Å². The fraction of sp³-hybridized carbons (Fsp3) is 0.316. The van der Waals surface area contributed by atoms with Crippen LogP contribution < -0.4 is 20.1 Å². The van der Waals surface area contributed by atoms with Crippen LogP contribution in [-0.2, 0) is 4.79 Å². The van der Waals surface area contributed by atoms with Crippen LogP contribution in [0.3, 0.4) is 0 Å². The molecule has 2 N–H and O–H groups in total. The minimum absolute atomic E-state index is 0.110. The van der Waals surface area contributed by atoms with E-state index in [2.05, 4.69) is 24.5 Å². The van der Waals surface area contributed by atoms with Gasteiger partial charge in [-0.2, -0.15) is 0 Å². The Morgan fingerprint density at radius 2 is 1.54 bits per heavy atom. The van der Waals surface area contributed by atoms with Gasteiger partial charge in [-0.25, -0.2) is 0 Å². The summed E-state index contributed by atoms with van der Waals surface area (Å²) in [5.74, 6) is 1.96. The second kappa shape index (κ2) is 8.82. The van der Waals surface area contributed by atoms with Gasteiger partial charge in [0.15, 0.2) is 0 Å². The lowest BCUT2D eigenvalue weighted by molar-refractivity contribution is -0.114. The van der Waals surface area contributed by atoms with Crippen LogP contribution in [0.4, 0.5) is 11.4 Å². The Labute approximate surface area is 143 Å². The first-order chi connectivity index (χ1) is 11.6. The van der Waals surface area contributed by atoms with Gasteiger partial charge in [0.05, 0.1) is 20.3 Å². The molecule has 0 heterocycles. The van der Waals surface area contributed by atoms with Crippen molar-refractivity contribution < 1.29 is 14.3 Å². The number of carbonyl (C=O) groups is 1. The Bertz CT molecular complexity index is 637. The summed E-state index contributed by atoms with van der Waals surface area (Å²) in [6.45, 7) is 5.07. The lowest BCUT2D eigenvalue weighted by atomic mass is 10.2. The van der Waals surface area contributed by atoms with Gasteiger partial charge in [-0.05, 0) is 54.4 Å². The third-order valence-corrected chi connectivity index (χ3v) is 3.26. The normalized spacial score (nSPS) is 10.3. The lowest BCUT2D eigenvalue weighted by Gasteiger charge is -2.10. The molecule has 0 spiro atoms. The van der Waals surface area contributed by atoms with Crippen LogP contribution >= 0.6 is 0 Å². The van der Waals surface area contributed by atoms with E-state index in [-0.39, 0.29) is 12.5 Å². The predicted molar refractivity (Wildman–Crippen MR) is 96.9 cm³/mol. The maximum atomic E-state index is 12.0. The molecular formula is C19H24N2O3. The number of hydrogen-bond donors (Lipinski definition) is 2. The third-order valence-electron chi connectivity index (χ3n) is 3.26. The molecule has 0 aliphatic carbocycles. The first kappa shape index (κ1) is 17.7. The van der Waals surface area contributed by atoms with E-state index in [4.69, 9.17) is 9.47 Å². The van der Waals surface area contributed by atoms with Crippen LogP contribution in [0, 0.1) is 5.92 Å². The molecule has 0 aliphatic heterocycles. The average Bonchev–Trinajstić information content (AvgIpc) is 2.60. The molecule has 128 valence electrons. The van der Waals surface area contributed by atoms with Gasteiger partial charge in [0.2, 0.25) is 5.91 Å². The van der Waals surface area contributed by atoms with Crippen LogP contribution in [0.2, 0.25) is 0 Å². The monoisotopic (exact) mass is 328 g/mol. The number of benzene rings is 2. The van der Waals surface area contributed by atoms with Crippen LogP contribution in [0.25, 0.3) is 0 Å². The summed E-state index contributed by atoms with van der Waals surface area (Å²) >= 11 is 0. The Kier molecular flexibility index (Phi) is 6.49. The molecule has 2 aromatic carbocycles. The van der Waals surface area contributed by atoms with Gasteiger partial charge in [0.25, 0.3) is 0 Å². The average molecular weight is 328 g/mol. The topological polar surface area (TPSA) is 59.6 Å². The number of rotatable bonds is 8. The molecule has 5 heteroatoms. The van der Waals surface area contributed by atoms with Crippen molar-refractivity contribution in [3.63, 3.8) is 0 Å². The molecule has 2 rings (SSSR count). The predicted octanol–water partition coefficient (Wildman–Crippen LogP) is 3.78. The molecule has 0 unspecified atom stereocenters. The summed E-state index contributed by atoms with van der Waals surface area (Å²) < 4.78 is 10.7. The van der Waals surface area contributed by atoms with Gasteiger partial charge >= 0.3 is 0 Å². The van der Waals surface area contributed by atoms with Crippen molar-refractivity contribution in [1.82, 2.24) is 0 Å². The van der Waals surface area contributed by atoms with E-state index in [9.17, 15) is 4.79 Å². The zero-order valence-electron chi connectivity index (χ0n) is 14.3. The zero-order valence-corrected chi connectivity index (χ0v) is 14.3. The van der Waals surface area contributed by atoms with Gasteiger partial charge in [-0.15, -0.1) is 0 Å². The highest BCUT2D eigenvalue weighted by molar-refractivity contribution is 5.93. The van der Waals surface area contributed by atoms with Crippen molar-refractivity contribution in [2.24, 2.45) is 5.92 Å². The zero-order chi connectivity index (χ0) is 17.4. The fourth-order valence-corrected chi connectivity index (χ4v) is 1.99. The summed E-state index contributed by atoms with van der Waals surface area (Å²) in [6, 6.07) is 14.8. The van der Waals surface area contributed by atoms with Gasteiger partial charge < -0.3 is 20.1 Å². The minimum Gasteiger partial charge on any atom is -0.497 e. The maximum Gasteiger partial charge on any atom is 0.243 e. The molecule has 0 aromatic heterocycles. The number of hydrogen-bond acceptors (Lipinski definition) is 4. The van der Waals surface area contributed by atoms with E-state index in [1.54, 1.807) is 7.11 Å². The molecule has 24 heavy (non-hydrogen) atoms. The molecule has 0 aliphatic rings. The van der Waals surface area contributed by atoms with Crippen molar-refractivity contribution in [3.8, 4) is 11.5 Å². The van der Waals surface area contributed by atoms with Crippen LogP contribution in [-0.4, -0.2) is 26.2 Å². The number of methoxy groups -OCH3 is 1. The largest absolute Gasteiger partial charge is 0.497 e. The summed E-state index contributed by atoms with van der Waals surface area (Å²) in [5, 5.41) is 5.91. The summed E-state index contributed by atoms with van der Waals surface area (Å²) in [6.07, 6.45) is 0. The van der Waals surface area contributed by atoms with Crippen molar-refractivity contribution in [1.29, 1.82) is 0 Å². The minimum atomic E-state index is -0.110. The van der Waals surface area contributed by atoms with Crippen molar-refractivity contribution >= 4 is 17.3 Å². The Balaban J connectivity index is 1.78. The Morgan fingerprint density at radius 3 is 2.12 bits per heavy atom. The molecule has 0 fully saturated rings. The second-order valence-electron chi connectivity index (χ2n) is 5.86. The van der Waals surface area contributed by atoms with E-state index in [0.717, 1.165) is 22.9 Å². The molecule has 5 nitrogen and oxygen atoms in total. The lowest BCUT2D eigenvalue weighted by Crippen LogP contribution is -2.21. The molecular weight excluding hydrogens is 304 g/mol. The van der Waals surface area contributed by atoms with E-state index in [0.29, 0.717) is 12.5 Å². The van der Waals surface area contributed by atoms with Crippen molar-refractivity contribution in [3.05, 3.63) is 48.5 Å². The highest BCUT2D eigenvalue weighted by Crippen LogP contribution is 2.17. The van der Waals surface area contributed by atoms with Crippen molar-refractivity contribution in [2.75, 3.05) is 30.9 Å². The first-order valence-corrected chi connectivity index (χ1v) is 7.97. The van der Waals surface area contributed by atoms with E-state index in [1.807, 2.05) is 48.5 Å². The van der Waals surface area contributed by atoms with Gasteiger partial charge in [-0.1, -0.05) is 13.8 Å². The fourth-order valence-electron chi connectivity index (χ4n) is 1.99. The molecule has 0 radical (unpaired) electrons. The SMILES string of the molecule is COc1ccc(NCC(=O)Nc2ccc(OCC(C)C)cc2)cc1. The quantitative estimate of drug-likeness (QED) is 0.774. The standard InChI is InChI=1S/C19H24N2O3/c1-14(2)13-24-18-10-6-16(7-11-18)21-19(22)12-20-15-4-8-17(23-3)9-5-15/h4-11,14,20H,12-13H2,1-3H3,(H,21,22). The highest BCUT2D eigenvalue weighted by atomic mass is 16.5. The maximum absolute atomic E-state index is 12.0. The molecule has 0 saturated heterocycles. The molecule has 0 saturated carbocycles. The molecule has 2 aromatic rings. The van der Waals surface area contributed by atoms with Crippen LogP contribution in [0.1, 0.15) is 13.8 Å². The number of ether oxygens (including phenoxy) is 2. The van der Waals surface area contributed by atoms with E-state index < -0.39 is 0 Å². The smallest absolute Gasteiger partial charge is 0.243 e. The number of amides is 1. The van der Waals surface area contributed by atoms with Gasteiger partial charge in [0.1, 0.15) is 11.5 Å². The third kappa shape index (κ3) is 5.83. The van der Waals surface area contributed by atoms with Gasteiger partial charge in [-0.3, -0.25) is 4.79 Å². The first-order valence-electron chi connectivity index (χ1n) is 7.97. The van der Waals surface area contributed by atoms with Crippen molar-refractivity contribution in [2.45, 2.75) is 13.8 Å². The van der Waals surface area contributed by atoms with Gasteiger partial charge in [0, 0.05) is 11.4 Å². The number of carbonyl (C=O) groups excluding carboxylic acids is 1. The molecule has 0 atom stereocenters. The number of nitrogens with one attached hydrogen (secondary N) is 2. The molecule has 0 bridgehead atoms. The van der Waals surface area contributed by atoms with E-state index >= 15 is 0 Å². The van der Waals surface area contributed by atoms with Crippen LogP contribution in [0.5, 0.6) is 11.5 Å². The number of anilines is 2. The summed E-state index contributed by atoms with van der Waals surface area (Å²) in [7, 11) is 1.62. The highest BCUT2D eigenvalue weighted by Gasteiger charge is 2.03. The summed E-state index contributed by atoms with van der Waals surface area (Å²) in [5.41, 5.74) is 1.61. The summed E-state index contributed by atoms with van der Waals surface area (Å²) in [4.78, 5) is 12.0. The molecule has 1 amide bonds. The second-order valence-corrected chi connectivity index (χ2v) is 5.86.